The maximum atomic E-state index is 13.6. The van der Waals surface area contributed by atoms with Crippen LogP contribution in [0, 0.1) is 12.7 Å². The van der Waals surface area contributed by atoms with E-state index in [0.29, 0.717) is 17.0 Å². The predicted molar refractivity (Wildman–Crippen MR) is 71.7 cm³/mol. The van der Waals surface area contributed by atoms with Crippen LogP contribution in [0.5, 0.6) is 0 Å². The summed E-state index contributed by atoms with van der Waals surface area (Å²) in [5.74, 6) is -0.325. The number of hydrogen-bond donors (Lipinski definition) is 1. The smallest absolute Gasteiger partial charge is 0.128 e. The highest BCUT2D eigenvalue weighted by molar-refractivity contribution is 7.11. The van der Waals surface area contributed by atoms with Gasteiger partial charge in [0.15, 0.2) is 0 Å². The van der Waals surface area contributed by atoms with Crippen molar-refractivity contribution in [2.75, 3.05) is 0 Å². The molecule has 2 rings (SSSR count). The number of nitrogens with zero attached hydrogens (tertiary/aromatic N) is 1. The first-order valence-electron chi connectivity index (χ1n) is 5.56. The summed E-state index contributed by atoms with van der Waals surface area (Å²) >= 11 is 7.37. The fourth-order valence-corrected chi connectivity index (χ4v) is 3.03. The first kappa shape index (κ1) is 13.5. The van der Waals surface area contributed by atoms with E-state index in [1.54, 1.807) is 19.1 Å². The molecule has 96 valence electrons. The lowest BCUT2D eigenvalue weighted by molar-refractivity contribution is 0.202. The minimum Gasteiger partial charge on any atom is -0.388 e. The molecule has 1 aromatic heterocycles. The molecule has 1 N–H and O–H groups in total. The Bertz CT molecular complexity index is 548. The van der Waals surface area contributed by atoms with E-state index in [2.05, 4.69) is 4.98 Å². The highest BCUT2D eigenvalue weighted by Gasteiger charge is 2.15. The molecule has 0 amide bonds. The van der Waals surface area contributed by atoms with Crippen molar-refractivity contribution < 1.29 is 9.50 Å². The summed E-state index contributed by atoms with van der Waals surface area (Å²) in [5.41, 5.74) is 1.24. The van der Waals surface area contributed by atoms with E-state index in [4.69, 9.17) is 11.6 Å². The largest absolute Gasteiger partial charge is 0.388 e. The minimum atomic E-state index is -0.549. The Hall–Kier alpha value is -0.970. The van der Waals surface area contributed by atoms with E-state index in [1.807, 2.05) is 6.92 Å². The van der Waals surface area contributed by atoms with E-state index in [-0.39, 0.29) is 5.82 Å². The molecular formula is C13H13ClFNOS. The molecule has 0 fully saturated rings. The average molecular weight is 286 g/mol. The zero-order valence-electron chi connectivity index (χ0n) is 10.1. The Balaban J connectivity index is 2.32. The zero-order valence-corrected chi connectivity index (χ0v) is 11.6. The lowest BCUT2D eigenvalue weighted by Crippen LogP contribution is -1.93. The molecule has 5 heteroatoms. The second-order valence-corrected chi connectivity index (χ2v) is 5.63. The van der Waals surface area contributed by atoms with E-state index in [9.17, 15) is 9.50 Å². The Kier molecular flexibility index (Phi) is 4.00. The van der Waals surface area contributed by atoms with Crippen molar-refractivity contribution in [3.63, 3.8) is 0 Å². The van der Waals surface area contributed by atoms with Gasteiger partial charge in [-0.15, -0.1) is 11.3 Å². The highest BCUT2D eigenvalue weighted by atomic mass is 35.5. The van der Waals surface area contributed by atoms with Crippen molar-refractivity contribution in [3.05, 3.63) is 50.2 Å². The summed E-state index contributed by atoms with van der Waals surface area (Å²) in [6.07, 6.45) is -0.198. The van der Waals surface area contributed by atoms with Crippen molar-refractivity contribution in [1.82, 2.24) is 4.98 Å². The van der Waals surface area contributed by atoms with Gasteiger partial charge >= 0.3 is 0 Å². The van der Waals surface area contributed by atoms with Crippen LogP contribution in [0.1, 0.15) is 34.2 Å². The summed E-state index contributed by atoms with van der Waals surface area (Å²) in [7, 11) is 0. The zero-order chi connectivity index (χ0) is 13.3. The standard InChI is InChI=1S/C13H13ClFNOS/c1-7-13(8(2)17)18-12(16-7)6-9-10(14)4-3-5-11(9)15/h3-5,8,17H,6H2,1-2H3. The lowest BCUT2D eigenvalue weighted by Gasteiger charge is -2.03. The van der Waals surface area contributed by atoms with Crippen LogP contribution < -0.4 is 0 Å². The van der Waals surface area contributed by atoms with Crippen molar-refractivity contribution in [3.8, 4) is 0 Å². The number of aromatic nitrogens is 1. The van der Waals surface area contributed by atoms with E-state index >= 15 is 0 Å². The van der Waals surface area contributed by atoms with Gasteiger partial charge in [-0.25, -0.2) is 9.37 Å². The van der Waals surface area contributed by atoms with Crippen LogP contribution in [0.3, 0.4) is 0 Å². The van der Waals surface area contributed by atoms with E-state index in [0.717, 1.165) is 15.6 Å². The molecular weight excluding hydrogens is 273 g/mol. The quantitative estimate of drug-likeness (QED) is 0.928. The van der Waals surface area contributed by atoms with Gasteiger partial charge in [-0.05, 0) is 26.0 Å². The molecule has 1 aromatic carbocycles. The van der Waals surface area contributed by atoms with Gasteiger partial charge in [0.2, 0.25) is 0 Å². The predicted octanol–water partition coefficient (Wildman–Crippen LogP) is 3.89. The van der Waals surface area contributed by atoms with Crippen molar-refractivity contribution in [2.24, 2.45) is 0 Å². The third-order valence-corrected chi connectivity index (χ3v) is 4.33. The van der Waals surface area contributed by atoms with Gasteiger partial charge in [0.05, 0.1) is 21.7 Å². The molecule has 1 atom stereocenters. The van der Waals surface area contributed by atoms with E-state index in [1.165, 1.54) is 17.4 Å². The summed E-state index contributed by atoms with van der Waals surface area (Å²) in [6.45, 7) is 3.53. The van der Waals surface area contributed by atoms with Gasteiger partial charge in [-0.3, -0.25) is 0 Å². The van der Waals surface area contributed by atoms with Crippen LogP contribution in [-0.2, 0) is 6.42 Å². The number of benzene rings is 1. The van der Waals surface area contributed by atoms with Gasteiger partial charge in [0.1, 0.15) is 5.82 Å². The summed E-state index contributed by atoms with van der Waals surface area (Å²) < 4.78 is 13.6. The molecule has 0 saturated carbocycles. The van der Waals surface area contributed by atoms with Gasteiger partial charge in [-0.1, -0.05) is 17.7 Å². The number of halogens is 2. The highest BCUT2D eigenvalue weighted by Crippen LogP contribution is 2.28. The molecule has 0 aliphatic heterocycles. The van der Waals surface area contributed by atoms with E-state index < -0.39 is 6.10 Å². The average Bonchev–Trinajstić information content (AvgIpc) is 2.65. The van der Waals surface area contributed by atoms with Crippen LogP contribution in [-0.4, -0.2) is 10.1 Å². The van der Waals surface area contributed by atoms with Gasteiger partial charge in [-0.2, -0.15) is 0 Å². The van der Waals surface area contributed by atoms with Crippen LogP contribution >= 0.6 is 22.9 Å². The molecule has 0 aliphatic carbocycles. The van der Waals surface area contributed by atoms with Crippen molar-refractivity contribution in [2.45, 2.75) is 26.4 Å². The molecule has 0 aliphatic rings. The third-order valence-electron chi connectivity index (χ3n) is 2.65. The summed E-state index contributed by atoms with van der Waals surface area (Å²) in [6, 6.07) is 4.63. The van der Waals surface area contributed by atoms with Crippen LogP contribution in [0.25, 0.3) is 0 Å². The Labute approximate surface area is 114 Å². The first-order valence-corrected chi connectivity index (χ1v) is 6.75. The van der Waals surface area contributed by atoms with Crippen LogP contribution in [0.15, 0.2) is 18.2 Å². The maximum absolute atomic E-state index is 13.6. The molecule has 2 nitrogen and oxygen atoms in total. The number of thiazole rings is 1. The second-order valence-electron chi connectivity index (χ2n) is 4.11. The number of rotatable bonds is 3. The Morgan fingerprint density at radius 3 is 2.78 bits per heavy atom. The Morgan fingerprint density at radius 1 is 1.50 bits per heavy atom. The minimum absolute atomic E-state index is 0.325. The third kappa shape index (κ3) is 2.71. The van der Waals surface area contributed by atoms with Crippen LogP contribution in [0.2, 0.25) is 5.02 Å². The summed E-state index contributed by atoms with van der Waals surface area (Å²) in [5, 5.41) is 10.7. The SMILES string of the molecule is Cc1nc(Cc2c(F)cccc2Cl)sc1C(C)O. The molecule has 0 saturated heterocycles. The topological polar surface area (TPSA) is 33.1 Å². The van der Waals surface area contributed by atoms with Crippen molar-refractivity contribution >= 4 is 22.9 Å². The van der Waals surface area contributed by atoms with Crippen LogP contribution in [0.4, 0.5) is 4.39 Å². The fourth-order valence-electron chi connectivity index (χ4n) is 1.78. The number of aliphatic hydroxyl groups is 1. The van der Waals surface area contributed by atoms with Gasteiger partial charge < -0.3 is 5.11 Å². The van der Waals surface area contributed by atoms with Crippen molar-refractivity contribution in [1.29, 1.82) is 0 Å². The lowest BCUT2D eigenvalue weighted by atomic mass is 10.1. The summed E-state index contributed by atoms with van der Waals surface area (Å²) in [4.78, 5) is 5.16. The fraction of sp³-hybridized carbons (Fsp3) is 0.308. The normalized spacial score (nSPS) is 12.7. The Morgan fingerprint density at radius 2 is 2.22 bits per heavy atom. The molecule has 0 bridgehead atoms. The molecule has 1 unspecified atom stereocenters. The maximum Gasteiger partial charge on any atom is 0.128 e. The molecule has 0 spiro atoms. The molecule has 18 heavy (non-hydrogen) atoms. The number of aliphatic hydroxyl groups excluding tert-OH is 1. The number of aryl methyl sites for hydroxylation is 1. The van der Waals surface area contributed by atoms with Gasteiger partial charge in [0.25, 0.3) is 0 Å². The monoisotopic (exact) mass is 285 g/mol. The van der Waals surface area contributed by atoms with Gasteiger partial charge in [0, 0.05) is 17.0 Å². The molecule has 1 heterocycles. The number of hydrogen-bond acceptors (Lipinski definition) is 3. The second kappa shape index (κ2) is 5.34. The first-order chi connectivity index (χ1) is 8.49. The molecule has 0 radical (unpaired) electrons. The molecule has 2 aromatic rings.